The zero-order chi connectivity index (χ0) is 17.6. The summed E-state index contributed by atoms with van der Waals surface area (Å²) in [6, 6.07) is 14.9. The van der Waals surface area contributed by atoms with Gasteiger partial charge in [-0.05, 0) is 36.4 Å². The normalized spacial score (nSPS) is 10.4. The van der Waals surface area contributed by atoms with E-state index < -0.39 is 0 Å². The number of hydrogen-bond acceptors (Lipinski definition) is 3. The molecule has 25 heavy (non-hydrogen) atoms. The third-order valence-electron chi connectivity index (χ3n) is 3.97. The molecule has 0 spiro atoms. The molecular weight excluding hydrogens is 314 g/mol. The maximum atomic E-state index is 12.2. The number of fused-ring (bicyclic) bond motifs is 1. The van der Waals surface area contributed by atoms with Crippen molar-refractivity contribution < 1.29 is 9.53 Å². The summed E-state index contributed by atoms with van der Waals surface area (Å²) >= 11 is 0. The fraction of sp³-hybridized carbons (Fsp3) is 0.200. The van der Waals surface area contributed by atoms with Crippen LogP contribution in [-0.4, -0.2) is 29.1 Å². The predicted octanol–water partition coefficient (Wildman–Crippen LogP) is 2.65. The van der Waals surface area contributed by atoms with Gasteiger partial charge in [0.25, 0.3) is 5.91 Å². The molecule has 126 valence electrons. The second-order valence-corrected chi connectivity index (χ2v) is 5.54. The van der Waals surface area contributed by atoms with Gasteiger partial charge >= 0.3 is 0 Å². The summed E-state index contributed by atoms with van der Waals surface area (Å²) in [5.74, 6) is 4.13. The van der Waals surface area contributed by atoms with Crippen molar-refractivity contribution in [2.45, 2.75) is 13.0 Å². The van der Waals surface area contributed by atoms with Crippen LogP contribution in [0.4, 0.5) is 0 Å². The molecule has 2 aromatic carbocycles. The highest BCUT2D eigenvalue weighted by Gasteiger charge is 2.10. The van der Waals surface area contributed by atoms with Gasteiger partial charge < -0.3 is 14.6 Å². The summed E-state index contributed by atoms with van der Waals surface area (Å²) in [5, 5.41) is 2.91. The first-order valence-corrected chi connectivity index (χ1v) is 8.03. The number of imidazole rings is 1. The molecule has 5 heteroatoms. The highest BCUT2D eigenvalue weighted by atomic mass is 16.5. The molecule has 1 amide bonds. The van der Waals surface area contributed by atoms with Crippen molar-refractivity contribution in [3.8, 4) is 18.1 Å². The molecule has 0 unspecified atom stereocenters. The lowest BCUT2D eigenvalue weighted by Crippen LogP contribution is -2.26. The molecule has 1 N–H and O–H groups in total. The number of para-hydroxylation sites is 2. The second-order valence-electron chi connectivity index (χ2n) is 5.54. The van der Waals surface area contributed by atoms with Gasteiger partial charge in [-0.2, -0.15) is 0 Å². The lowest BCUT2D eigenvalue weighted by molar-refractivity contribution is 0.0954. The maximum absolute atomic E-state index is 12.2. The summed E-state index contributed by atoms with van der Waals surface area (Å²) in [7, 11) is 1.59. The highest BCUT2D eigenvalue weighted by Crippen LogP contribution is 2.16. The molecule has 0 fully saturated rings. The van der Waals surface area contributed by atoms with Gasteiger partial charge in [0.15, 0.2) is 0 Å². The number of carbonyl (C=O) groups is 1. The van der Waals surface area contributed by atoms with E-state index in [9.17, 15) is 4.79 Å². The lowest BCUT2D eigenvalue weighted by atomic mass is 10.2. The average molecular weight is 333 g/mol. The molecule has 3 rings (SSSR count). The Kier molecular flexibility index (Phi) is 5.00. The minimum absolute atomic E-state index is 0.123. The number of nitrogens with one attached hydrogen (secondary N) is 1. The smallest absolute Gasteiger partial charge is 0.251 e. The van der Waals surface area contributed by atoms with Crippen molar-refractivity contribution >= 4 is 16.9 Å². The number of methoxy groups -OCH3 is 1. The van der Waals surface area contributed by atoms with Crippen molar-refractivity contribution in [2.24, 2.45) is 0 Å². The molecule has 0 aliphatic carbocycles. The van der Waals surface area contributed by atoms with Gasteiger partial charge in [-0.3, -0.25) is 4.79 Å². The van der Waals surface area contributed by atoms with Crippen molar-refractivity contribution in [2.75, 3.05) is 13.7 Å². The molecule has 0 bridgehead atoms. The van der Waals surface area contributed by atoms with Crippen LogP contribution in [-0.2, 0) is 13.0 Å². The number of rotatable bonds is 6. The molecule has 1 aromatic heterocycles. The number of aromatic nitrogens is 2. The molecule has 0 saturated carbocycles. The van der Waals surface area contributed by atoms with E-state index in [1.807, 2.05) is 28.8 Å². The monoisotopic (exact) mass is 333 g/mol. The van der Waals surface area contributed by atoms with E-state index in [2.05, 4.69) is 16.2 Å². The van der Waals surface area contributed by atoms with Crippen molar-refractivity contribution in [1.29, 1.82) is 0 Å². The Labute approximate surface area is 146 Å². The van der Waals surface area contributed by atoms with Crippen LogP contribution in [0.1, 0.15) is 16.2 Å². The highest BCUT2D eigenvalue weighted by molar-refractivity contribution is 5.94. The van der Waals surface area contributed by atoms with Gasteiger partial charge in [-0.25, -0.2) is 4.98 Å². The first kappa shape index (κ1) is 16.6. The summed E-state index contributed by atoms with van der Waals surface area (Å²) in [4.78, 5) is 16.8. The average Bonchev–Trinajstić information content (AvgIpc) is 3.00. The minimum Gasteiger partial charge on any atom is -0.497 e. The van der Waals surface area contributed by atoms with Gasteiger partial charge in [0.2, 0.25) is 0 Å². The van der Waals surface area contributed by atoms with Crippen LogP contribution in [0.2, 0.25) is 0 Å². The van der Waals surface area contributed by atoms with E-state index >= 15 is 0 Å². The Morgan fingerprint density at radius 2 is 2.00 bits per heavy atom. The van der Waals surface area contributed by atoms with E-state index in [-0.39, 0.29) is 5.91 Å². The molecule has 0 saturated heterocycles. The summed E-state index contributed by atoms with van der Waals surface area (Å²) in [5.41, 5.74) is 2.52. The molecule has 0 radical (unpaired) electrons. The quantitative estimate of drug-likeness (QED) is 0.706. The minimum atomic E-state index is -0.123. The van der Waals surface area contributed by atoms with Gasteiger partial charge in [-0.15, -0.1) is 6.42 Å². The third-order valence-corrected chi connectivity index (χ3v) is 3.97. The molecule has 1 heterocycles. The number of nitrogens with zero attached hydrogens (tertiary/aromatic N) is 2. The zero-order valence-electron chi connectivity index (χ0n) is 14.0. The van der Waals surface area contributed by atoms with Crippen molar-refractivity contribution in [1.82, 2.24) is 14.9 Å². The van der Waals surface area contributed by atoms with E-state index in [1.165, 1.54) is 0 Å². The van der Waals surface area contributed by atoms with Gasteiger partial charge in [-0.1, -0.05) is 18.1 Å². The Morgan fingerprint density at radius 1 is 1.24 bits per heavy atom. The fourth-order valence-corrected chi connectivity index (χ4v) is 2.72. The van der Waals surface area contributed by atoms with Crippen molar-refractivity contribution in [3.63, 3.8) is 0 Å². The molecule has 5 nitrogen and oxygen atoms in total. The topological polar surface area (TPSA) is 56.2 Å². The molecule has 3 aromatic rings. The van der Waals surface area contributed by atoms with Crippen LogP contribution in [0.3, 0.4) is 0 Å². The van der Waals surface area contributed by atoms with E-state index in [0.717, 1.165) is 22.6 Å². The van der Waals surface area contributed by atoms with Crippen LogP contribution in [0.15, 0.2) is 48.5 Å². The SMILES string of the molecule is C#CCn1c(CCNC(=O)c2ccc(OC)cc2)nc2ccccc21. The van der Waals surface area contributed by atoms with Crippen LogP contribution in [0.25, 0.3) is 11.0 Å². The fourth-order valence-electron chi connectivity index (χ4n) is 2.72. The third kappa shape index (κ3) is 3.64. The van der Waals surface area contributed by atoms with Crippen molar-refractivity contribution in [3.05, 3.63) is 59.9 Å². The Bertz CT molecular complexity index is 920. The number of hydrogen-bond donors (Lipinski definition) is 1. The summed E-state index contributed by atoms with van der Waals surface area (Å²) < 4.78 is 7.10. The number of ether oxygens (including phenoxy) is 1. The standard InChI is InChI=1S/C20H19N3O2/c1-3-14-23-18-7-5-4-6-17(18)22-19(23)12-13-21-20(24)15-8-10-16(25-2)11-9-15/h1,4-11H,12-14H2,2H3,(H,21,24). The number of carbonyl (C=O) groups excluding carboxylic acids is 1. The predicted molar refractivity (Wildman–Crippen MR) is 97.6 cm³/mol. The molecular formula is C20H19N3O2. The van der Waals surface area contributed by atoms with Gasteiger partial charge in [0.1, 0.15) is 11.6 Å². The molecule has 0 aliphatic heterocycles. The largest absolute Gasteiger partial charge is 0.497 e. The first-order chi connectivity index (χ1) is 12.2. The second kappa shape index (κ2) is 7.54. The number of amides is 1. The van der Waals surface area contributed by atoms with Crippen LogP contribution < -0.4 is 10.1 Å². The first-order valence-electron chi connectivity index (χ1n) is 8.03. The Balaban J connectivity index is 1.67. The molecule has 0 aliphatic rings. The maximum Gasteiger partial charge on any atom is 0.251 e. The summed E-state index contributed by atoms with van der Waals surface area (Å²) in [6.07, 6.45) is 6.09. The Hall–Kier alpha value is -3.26. The lowest BCUT2D eigenvalue weighted by Gasteiger charge is -2.08. The van der Waals surface area contributed by atoms with E-state index in [4.69, 9.17) is 11.2 Å². The van der Waals surface area contributed by atoms with Gasteiger partial charge in [0.05, 0.1) is 24.7 Å². The molecule has 0 atom stereocenters. The summed E-state index contributed by atoms with van der Waals surface area (Å²) in [6.45, 7) is 0.945. The van der Waals surface area contributed by atoms with E-state index in [1.54, 1.807) is 31.4 Å². The Morgan fingerprint density at radius 3 is 2.72 bits per heavy atom. The van der Waals surface area contributed by atoms with Gasteiger partial charge in [0, 0.05) is 18.5 Å². The number of benzene rings is 2. The number of terminal acetylenes is 1. The van der Waals surface area contributed by atoms with Crippen LogP contribution in [0, 0.1) is 12.3 Å². The van der Waals surface area contributed by atoms with Crippen LogP contribution >= 0.6 is 0 Å². The zero-order valence-corrected chi connectivity index (χ0v) is 14.0. The van der Waals surface area contributed by atoms with E-state index in [0.29, 0.717) is 25.1 Å². The van der Waals surface area contributed by atoms with Crippen LogP contribution in [0.5, 0.6) is 5.75 Å².